The van der Waals surface area contributed by atoms with E-state index in [9.17, 15) is 18.3 Å². The van der Waals surface area contributed by atoms with Crippen molar-refractivity contribution < 1.29 is 18.3 Å². The van der Waals surface area contributed by atoms with E-state index >= 15 is 0 Å². The van der Waals surface area contributed by atoms with Gasteiger partial charge in [0.15, 0.2) is 5.96 Å². The summed E-state index contributed by atoms with van der Waals surface area (Å²) in [5, 5.41) is 15.4. The second-order valence-corrected chi connectivity index (χ2v) is 5.82. The molecular formula is C19H23F3IN3O. The largest absolute Gasteiger partial charge is 0.508 e. The summed E-state index contributed by atoms with van der Waals surface area (Å²) in [7, 11) is 1.61. The summed E-state index contributed by atoms with van der Waals surface area (Å²) < 4.78 is 38.2. The van der Waals surface area contributed by atoms with Gasteiger partial charge in [0.25, 0.3) is 0 Å². The molecule has 27 heavy (non-hydrogen) atoms. The summed E-state index contributed by atoms with van der Waals surface area (Å²) in [6, 6.07) is 12.3. The number of nitrogens with one attached hydrogen (secondary N) is 2. The zero-order valence-electron chi connectivity index (χ0n) is 14.9. The second-order valence-electron chi connectivity index (χ2n) is 5.82. The lowest BCUT2D eigenvalue weighted by molar-refractivity contribution is -0.137. The van der Waals surface area contributed by atoms with Gasteiger partial charge >= 0.3 is 6.18 Å². The van der Waals surface area contributed by atoms with Crippen LogP contribution in [-0.2, 0) is 19.1 Å². The normalized spacial score (nSPS) is 11.6. The molecule has 0 spiro atoms. The van der Waals surface area contributed by atoms with E-state index in [0.717, 1.165) is 30.5 Å². The van der Waals surface area contributed by atoms with Gasteiger partial charge in [-0.15, -0.1) is 24.0 Å². The number of guanidine groups is 1. The highest BCUT2D eigenvalue weighted by Crippen LogP contribution is 2.29. The highest BCUT2D eigenvalue weighted by Gasteiger charge is 2.30. The average molecular weight is 493 g/mol. The number of aryl methyl sites for hydroxylation is 1. The van der Waals surface area contributed by atoms with E-state index < -0.39 is 11.7 Å². The van der Waals surface area contributed by atoms with Crippen LogP contribution in [0.4, 0.5) is 13.2 Å². The summed E-state index contributed by atoms with van der Waals surface area (Å²) in [6.45, 7) is 0.921. The van der Waals surface area contributed by atoms with Crippen molar-refractivity contribution in [3.63, 3.8) is 0 Å². The number of hydrogen-bond acceptors (Lipinski definition) is 2. The Morgan fingerprint density at radius 3 is 2.37 bits per heavy atom. The Kier molecular flexibility index (Phi) is 9.40. The van der Waals surface area contributed by atoms with Gasteiger partial charge < -0.3 is 15.7 Å². The zero-order valence-corrected chi connectivity index (χ0v) is 17.2. The molecule has 2 rings (SSSR count). The molecule has 0 atom stereocenters. The molecule has 0 amide bonds. The summed E-state index contributed by atoms with van der Waals surface area (Å²) in [5.41, 5.74) is 0.997. The summed E-state index contributed by atoms with van der Waals surface area (Å²) in [6.07, 6.45) is -2.64. The minimum absolute atomic E-state index is 0. The topological polar surface area (TPSA) is 56.7 Å². The molecule has 0 saturated carbocycles. The fraction of sp³-hybridized carbons (Fsp3) is 0.316. The predicted octanol–water partition coefficient (Wildman–Crippen LogP) is 4.33. The van der Waals surface area contributed by atoms with Crippen molar-refractivity contribution in [3.8, 4) is 5.75 Å². The van der Waals surface area contributed by atoms with Crippen molar-refractivity contribution in [2.75, 3.05) is 13.6 Å². The molecule has 148 valence electrons. The number of phenols is 1. The highest BCUT2D eigenvalue weighted by molar-refractivity contribution is 14.0. The average Bonchev–Trinajstić information content (AvgIpc) is 2.62. The van der Waals surface area contributed by atoms with Crippen LogP contribution in [0.25, 0.3) is 0 Å². The number of phenolic OH excluding ortho intramolecular Hbond substituents is 1. The van der Waals surface area contributed by atoms with Gasteiger partial charge in [0.2, 0.25) is 0 Å². The van der Waals surface area contributed by atoms with Crippen molar-refractivity contribution in [3.05, 3.63) is 65.2 Å². The molecule has 0 bridgehead atoms. The van der Waals surface area contributed by atoms with E-state index in [0.29, 0.717) is 18.1 Å². The van der Waals surface area contributed by atoms with Crippen molar-refractivity contribution in [2.24, 2.45) is 4.99 Å². The molecule has 0 aliphatic rings. The fourth-order valence-electron chi connectivity index (χ4n) is 2.43. The van der Waals surface area contributed by atoms with Crippen molar-refractivity contribution >= 4 is 29.9 Å². The minimum Gasteiger partial charge on any atom is -0.508 e. The van der Waals surface area contributed by atoms with Crippen LogP contribution in [0.2, 0.25) is 0 Å². The van der Waals surface area contributed by atoms with Crippen LogP contribution >= 0.6 is 24.0 Å². The Bertz CT molecular complexity index is 734. The Morgan fingerprint density at radius 2 is 1.74 bits per heavy atom. The predicted molar refractivity (Wildman–Crippen MR) is 111 cm³/mol. The van der Waals surface area contributed by atoms with Crippen LogP contribution in [0.15, 0.2) is 53.5 Å². The molecule has 0 aromatic heterocycles. The summed E-state index contributed by atoms with van der Waals surface area (Å²) in [5.74, 6) is 0.777. The molecule has 0 radical (unpaired) electrons. The molecule has 0 unspecified atom stereocenters. The first-order chi connectivity index (χ1) is 12.4. The molecule has 3 N–H and O–H groups in total. The lowest BCUT2D eigenvalue weighted by atomic mass is 10.1. The molecule has 0 saturated heterocycles. The standard InChI is InChI=1S/C19H22F3N3O.HI/c1-23-18(24-11-3-5-14-7-9-17(26)10-8-14)25-13-15-4-2-6-16(12-15)19(20,21)22;/h2,4,6-10,12,26H,3,5,11,13H2,1H3,(H2,23,24,25);1H. The molecule has 2 aromatic rings. The van der Waals surface area contributed by atoms with Crippen LogP contribution in [0.5, 0.6) is 5.75 Å². The van der Waals surface area contributed by atoms with E-state index in [4.69, 9.17) is 0 Å². The van der Waals surface area contributed by atoms with Gasteiger partial charge in [0.05, 0.1) is 5.56 Å². The Hall–Kier alpha value is -1.97. The summed E-state index contributed by atoms with van der Waals surface area (Å²) in [4.78, 5) is 4.07. The molecule has 2 aromatic carbocycles. The van der Waals surface area contributed by atoms with Gasteiger partial charge in [-0.25, -0.2) is 0 Å². The molecule has 0 aliphatic heterocycles. The van der Waals surface area contributed by atoms with Crippen LogP contribution < -0.4 is 10.6 Å². The lowest BCUT2D eigenvalue weighted by Gasteiger charge is -2.13. The maximum atomic E-state index is 12.7. The Labute approximate surface area is 173 Å². The van der Waals surface area contributed by atoms with E-state index in [1.807, 2.05) is 12.1 Å². The van der Waals surface area contributed by atoms with Crippen molar-refractivity contribution in [2.45, 2.75) is 25.6 Å². The molecule has 0 fully saturated rings. The van der Waals surface area contributed by atoms with Gasteiger partial charge in [-0.05, 0) is 48.2 Å². The van der Waals surface area contributed by atoms with Crippen LogP contribution in [-0.4, -0.2) is 24.7 Å². The number of halogens is 4. The molecular weight excluding hydrogens is 470 g/mol. The number of rotatable bonds is 6. The highest BCUT2D eigenvalue weighted by atomic mass is 127. The SMILES string of the molecule is CN=C(NCCCc1ccc(O)cc1)NCc1cccc(C(F)(F)F)c1.I. The van der Waals surface area contributed by atoms with Crippen molar-refractivity contribution in [1.29, 1.82) is 0 Å². The third kappa shape index (κ3) is 8.06. The number of aliphatic imine (C=N–C) groups is 1. The second kappa shape index (κ2) is 11.0. The maximum Gasteiger partial charge on any atom is 0.416 e. The van der Waals surface area contributed by atoms with E-state index in [2.05, 4.69) is 15.6 Å². The van der Waals surface area contributed by atoms with Crippen molar-refractivity contribution in [1.82, 2.24) is 10.6 Å². The van der Waals surface area contributed by atoms with Gasteiger partial charge in [-0.1, -0.05) is 24.3 Å². The van der Waals surface area contributed by atoms with Crippen LogP contribution in [0.3, 0.4) is 0 Å². The number of aromatic hydroxyl groups is 1. The van der Waals surface area contributed by atoms with Gasteiger partial charge in [0.1, 0.15) is 5.75 Å². The molecule has 0 heterocycles. The third-order valence-electron chi connectivity index (χ3n) is 3.81. The maximum absolute atomic E-state index is 12.7. The monoisotopic (exact) mass is 493 g/mol. The molecule has 8 heteroatoms. The number of benzene rings is 2. The van der Waals surface area contributed by atoms with E-state index in [1.54, 1.807) is 25.2 Å². The number of hydrogen-bond donors (Lipinski definition) is 3. The first-order valence-electron chi connectivity index (χ1n) is 8.27. The smallest absolute Gasteiger partial charge is 0.416 e. The van der Waals surface area contributed by atoms with E-state index in [-0.39, 0.29) is 36.3 Å². The Morgan fingerprint density at radius 1 is 1.04 bits per heavy atom. The first kappa shape index (κ1) is 23.1. The molecule has 4 nitrogen and oxygen atoms in total. The van der Waals surface area contributed by atoms with E-state index in [1.165, 1.54) is 6.07 Å². The fourth-order valence-corrected chi connectivity index (χ4v) is 2.43. The number of alkyl halides is 3. The summed E-state index contributed by atoms with van der Waals surface area (Å²) >= 11 is 0. The Balaban J connectivity index is 0.00000364. The van der Waals surface area contributed by atoms with Crippen LogP contribution in [0.1, 0.15) is 23.1 Å². The van der Waals surface area contributed by atoms with Gasteiger partial charge in [-0.3, -0.25) is 4.99 Å². The minimum atomic E-state index is -4.34. The first-order valence-corrected chi connectivity index (χ1v) is 8.27. The molecule has 0 aliphatic carbocycles. The number of nitrogens with zero attached hydrogens (tertiary/aromatic N) is 1. The quantitative estimate of drug-likeness (QED) is 0.243. The van der Waals surface area contributed by atoms with Gasteiger partial charge in [0, 0.05) is 20.1 Å². The lowest BCUT2D eigenvalue weighted by Crippen LogP contribution is -2.37. The third-order valence-corrected chi connectivity index (χ3v) is 3.81. The van der Waals surface area contributed by atoms with Crippen LogP contribution in [0, 0.1) is 0 Å². The van der Waals surface area contributed by atoms with Gasteiger partial charge in [-0.2, -0.15) is 13.2 Å². The zero-order chi connectivity index (χ0) is 19.0.